The molecule has 96 valence electrons. The summed E-state index contributed by atoms with van der Waals surface area (Å²) in [5.41, 5.74) is 1.41. The molecule has 0 atom stereocenters. The lowest BCUT2D eigenvalue weighted by molar-refractivity contribution is 0.602. The molecule has 0 aromatic heterocycles. The smallest absolute Gasteiger partial charge is 0.236 e. The second-order valence-corrected chi connectivity index (χ2v) is 5.86. The first kappa shape index (κ1) is 13.1. The van der Waals surface area contributed by atoms with E-state index in [1.807, 2.05) is 12.1 Å². The summed E-state index contributed by atoms with van der Waals surface area (Å²) < 4.78 is 25.2. The van der Waals surface area contributed by atoms with Crippen LogP contribution >= 0.6 is 0 Å². The fourth-order valence-electron chi connectivity index (χ4n) is 1.80. The van der Waals surface area contributed by atoms with Crippen molar-refractivity contribution in [3.8, 4) is 6.07 Å². The third-order valence-electron chi connectivity index (χ3n) is 2.53. The first-order chi connectivity index (χ1) is 9.02. The molecule has 0 unspecified atom stereocenters. The summed E-state index contributed by atoms with van der Waals surface area (Å²) in [7, 11) is -3.47. The van der Waals surface area contributed by atoms with E-state index in [1.165, 1.54) is 4.31 Å². The molecule has 19 heavy (non-hydrogen) atoms. The normalized spacial score (nSPS) is 10.7. The van der Waals surface area contributed by atoms with Crippen molar-refractivity contribution in [2.24, 2.45) is 0 Å². The van der Waals surface area contributed by atoms with E-state index in [-0.39, 0.29) is 0 Å². The maximum Gasteiger partial charge on any atom is 0.236 e. The molecule has 0 heterocycles. The lowest BCUT2D eigenvalue weighted by Gasteiger charge is -2.22. The van der Waals surface area contributed by atoms with E-state index in [1.54, 1.807) is 48.5 Å². The van der Waals surface area contributed by atoms with Crippen LogP contribution in [-0.2, 0) is 10.0 Å². The number of rotatable bonds is 3. The van der Waals surface area contributed by atoms with Gasteiger partial charge in [-0.1, -0.05) is 24.3 Å². The van der Waals surface area contributed by atoms with Crippen molar-refractivity contribution in [1.29, 1.82) is 5.26 Å². The van der Waals surface area contributed by atoms with Gasteiger partial charge in [-0.15, -0.1) is 0 Å². The number of anilines is 2. The van der Waals surface area contributed by atoms with Crippen molar-refractivity contribution in [1.82, 2.24) is 0 Å². The van der Waals surface area contributed by atoms with Gasteiger partial charge in [-0.05, 0) is 30.3 Å². The van der Waals surface area contributed by atoms with Crippen molar-refractivity contribution in [3.63, 3.8) is 0 Å². The van der Waals surface area contributed by atoms with Crippen LogP contribution in [0.5, 0.6) is 0 Å². The number of hydrogen-bond donors (Lipinski definition) is 0. The Morgan fingerprint density at radius 3 is 2.21 bits per heavy atom. The van der Waals surface area contributed by atoms with Crippen molar-refractivity contribution < 1.29 is 8.42 Å². The number of nitriles is 1. The molecular formula is C14H12N2O2S. The molecule has 0 radical (unpaired) electrons. The van der Waals surface area contributed by atoms with Crippen molar-refractivity contribution in [2.45, 2.75) is 0 Å². The molecule has 2 aromatic rings. The minimum atomic E-state index is -3.47. The molecule has 0 fully saturated rings. The number of para-hydroxylation sites is 1. The van der Waals surface area contributed by atoms with Gasteiger partial charge < -0.3 is 0 Å². The van der Waals surface area contributed by atoms with Crippen LogP contribution in [0.4, 0.5) is 11.4 Å². The fraction of sp³-hybridized carbons (Fsp3) is 0.0714. The van der Waals surface area contributed by atoms with Crippen molar-refractivity contribution in [3.05, 3.63) is 60.2 Å². The van der Waals surface area contributed by atoms with Gasteiger partial charge in [0.1, 0.15) is 0 Å². The third kappa shape index (κ3) is 2.92. The first-order valence-electron chi connectivity index (χ1n) is 5.58. The standard InChI is InChI=1S/C14H12N2O2S/c1-19(17,18)16(13-7-3-2-4-8-13)14-9-5-6-12(10-14)11-15/h2-10H,1H3. The minimum Gasteiger partial charge on any atom is -0.239 e. The van der Waals surface area contributed by atoms with Crippen molar-refractivity contribution in [2.75, 3.05) is 10.6 Å². The number of nitrogens with zero attached hydrogens (tertiary/aromatic N) is 2. The Morgan fingerprint density at radius 1 is 1.00 bits per heavy atom. The van der Waals surface area contributed by atoms with Crippen LogP contribution in [-0.4, -0.2) is 14.7 Å². The molecule has 2 rings (SSSR count). The molecule has 0 aliphatic carbocycles. The highest BCUT2D eigenvalue weighted by Gasteiger charge is 2.19. The van der Waals surface area contributed by atoms with Crippen molar-refractivity contribution >= 4 is 21.4 Å². The number of sulfonamides is 1. The zero-order valence-electron chi connectivity index (χ0n) is 10.3. The Labute approximate surface area is 112 Å². The molecule has 0 spiro atoms. The average molecular weight is 272 g/mol. The lowest BCUT2D eigenvalue weighted by Crippen LogP contribution is -2.24. The second kappa shape index (κ2) is 5.12. The van der Waals surface area contributed by atoms with Gasteiger partial charge in [-0.3, -0.25) is 0 Å². The van der Waals surface area contributed by atoms with E-state index < -0.39 is 10.0 Å². The Bertz CT molecular complexity index is 719. The zero-order valence-corrected chi connectivity index (χ0v) is 11.1. The Morgan fingerprint density at radius 2 is 1.63 bits per heavy atom. The number of benzene rings is 2. The van der Waals surface area contributed by atoms with Crippen LogP contribution in [0.1, 0.15) is 5.56 Å². The molecule has 5 heteroatoms. The summed E-state index contributed by atoms with van der Waals surface area (Å²) >= 11 is 0. The molecule has 4 nitrogen and oxygen atoms in total. The Balaban J connectivity index is 2.60. The zero-order chi connectivity index (χ0) is 13.9. The van der Waals surface area contributed by atoms with Crippen LogP contribution in [0, 0.1) is 11.3 Å². The maximum atomic E-state index is 12.0. The molecule has 0 saturated heterocycles. The van der Waals surface area contributed by atoms with Gasteiger partial charge in [-0.2, -0.15) is 5.26 Å². The predicted molar refractivity (Wildman–Crippen MR) is 74.6 cm³/mol. The predicted octanol–water partition coefficient (Wildman–Crippen LogP) is 2.66. The molecule has 0 amide bonds. The SMILES string of the molecule is CS(=O)(=O)N(c1ccccc1)c1cccc(C#N)c1. The first-order valence-corrected chi connectivity index (χ1v) is 7.43. The summed E-state index contributed by atoms with van der Waals surface area (Å²) in [5.74, 6) is 0. The van der Waals surface area contributed by atoms with Gasteiger partial charge in [0, 0.05) is 0 Å². The molecule has 2 aromatic carbocycles. The van der Waals surface area contributed by atoms with E-state index >= 15 is 0 Å². The highest BCUT2D eigenvalue weighted by molar-refractivity contribution is 7.92. The van der Waals surface area contributed by atoms with E-state index in [0.717, 1.165) is 6.26 Å². The lowest BCUT2D eigenvalue weighted by atomic mass is 10.2. The Hall–Kier alpha value is -2.32. The fourth-order valence-corrected chi connectivity index (χ4v) is 2.80. The van der Waals surface area contributed by atoms with E-state index in [9.17, 15) is 8.42 Å². The van der Waals surface area contributed by atoms with Crippen LogP contribution in [0.25, 0.3) is 0 Å². The summed E-state index contributed by atoms with van der Waals surface area (Å²) in [5, 5.41) is 8.90. The summed E-state index contributed by atoms with van der Waals surface area (Å²) in [4.78, 5) is 0. The van der Waals surface area contributed by atoms with Crippen LogP contribution < -0.4 is 4.31 Å². The molecule has 0 saturated carbocycles. The van der Waals surface area contributed by atoms with Gasteiger partial charge in [0.25, 0.3) is 0 Å². The molecular weight excluding hydrogens is 260 g/mol. The molecule has 0 N–H and O–H groups in total. The van der Waals surface area contributed by atoms with Gasteiger partial charge in [0.2, 0.25) is 10.0 Å². The topological polar surface area (TPSA) is 61.2 Å². The van der Waals surface area contributed by atoms with Gasteiger partial charge in [0.05, 0.1) is 29.3 Å². The summed E-state index contributed by atoms with van der Waals surface area (Å²) in [6.07, 6.45) is 1.14. The second-order valence-electron chi connectivity index (χ2n) is 4.03. The maximum absolute atomic E-state index is 12.0. The Kier molecular flexibility index (Phi) is 3.54. The van der Waals surface area contributed by atoms with Crippen LogP contribution in [0.2, 0.25) is 0 Å². The van der Waals surface area contributed by atoms with E-state index in [0.29, 0.717) is 16.9 Å². The van der Waals surface area contributed by atoms with E-state index in [2.05, 4.69) is 0 Å². The summed E-state index contributed by atoms with van der Waals surface area (Å²) in [6.45, 7) is 0. The molecule has 0 aliphatic rings. The van der Waals surface area contributed by atoms with E-state index in [4.69, 9.17) is 5.26 Å². The average Bonchev–Trinajstić information content (AvgIpc) is 2.39. The number of hydrogen-bond acceptors (Lipinski definition) is 3. The van der Waals surface area contributed by atoms with Crippen LogP contribution in [0.3, 0.4) is 0 Å². The minimum absolute atomic E-state index is 0.419. The monoisotopic (exact) mass is 272 g/mol. The highest BCUT2D eigenvalue weighted by atomic mass is 32.2. The van der Waals surface area contributed by atoms with Gasteiger partial charge >= 0.3 is 0 Å². The van der Waals surface area contributed by atoms with Gasteiger partial charge in [-0.25, -0.2) is 12.7 Å². The largest absolute Gasteiger partial charge is 0.239 e. The summed E-state index contributed by atoms with van der Waals surface area (Å²) in [6, 6.07) is 17.3. The third-order valence-corrected chi connectivity index (χ3v) is 3.62. The van der Waals surface area contributed by atoms with Crippen LogP contribution in [0.15, 0.2) is 54.6 Å². The molecule has 0 bridgehead atoms. The highest BCUT2D eigenvalue weighted by Crippen LogP contribution is 2.28. The quantitative estimate of drug-likeness (QED) is 0.863. The molecule has 0 aliphatic heterocycles. The van der Waals surface area contributed by atoms with Gasteiger partial charge in [0.15, 0.2) is 0 Å².